The lowest BCUT2D eigenvalue weighted by Crippen LogP contribution is -2.42. The number of hydrogen-bond donors (Lipinski definition) is 3. The van der Waals surface area contributed by atoms with Crippen molar-refractivity contribution in [1.29, 1.82) is 0 Å². The average Bonchev–Trinajstić information content (AvgIpc) is 2.96. The third kappa shape index (κ3) is 6.88. The predicted octanol–water partition coefficient (Wildman–Crippen LogP) is 2.61. The molecule has 1 aromatic carbocycles. The van der Waals surface area contributed by atoms with E-state index in [0.717, 1.165) is 71.1 Å². The van der Waals surface area contributed by atoms with Crippen molar-refractivity contribution in [2.24, 2.45) is 5.92 Å². The summed E-state index contributed by atoms with van der Waals surface area (Å²) in [7, 11) is 0. The number of piperidine rings is 1. The van der Waals surface area contributed by atoms with Gasteiger partial charge in [0.05, 0.1) is 6.10 Å². The van der Waals surface area contributed by atoms with Crippen LogP contribution in [0.4, 0.5) is 5.82 Å². The minimum Gasteiger partial charge on any atom is -0.390 e. The Hall–Kier alpha value is -3.04. The van der Waals surface area contributed by atoms with Gasteiger partial charge in [0.2, 0.25) is 5.91 Å². The predicted molar refractivity (Wildman–Crippen MR) is 146 cm³/mol. The first-order chi connectivity index (χ1) is 18.5. The molecule has 2 aliphatic heterocycles. The van der Waals surface area contributed by atoms with Crippen LogP contribution in [0, 0.1) is 5.92 Å². The summed E-state index contributed by atoms with van der Waals surface area (Å²) in [5.74, 6) is 0.748. The standard InChI is InChI=1S/C29H40N6O3/c36-25(19-34-15-12-21-6-2-3-7-23(21)18-34)17-30-28(37)26-16-27(32-20-31-26)33-24-10-8-22(9-11-24)29(38)35-13-4-1-5-14-35/h2-3,6-7,16,20,22,24-25,36H,1,4-5,8-15,17-19H2,(H,30,37)(H,31,32,33). The van der Waals surface area contributed by atoms with Crippen LogP contribution in [-0.4, -0.2) is 81.6 Å². The molecule has 9 nitrogen and oxygen atoms in total. The van der Waals surface area contributed by atoms with Gasteiger partial charge in [-0.3, -0.25) is 14.5 Å². The summed E-state index contributed by atoms with van der Waals surface area (Å²) in [5, 5.41) is 16.8. The van der Waals surface area contributed by atoms with Crippen molar-refractivity contribution in [1.82, 2.24) is 25.1 Å². The largest absolute Gasteiger partial charge is 0.390 e. The van der Waals surface area contributed by atoms with Gasteiger partial charge in [-0.2, -0.15) is 0 Å². The number of amides is 2. The molecule has 3 aliphatic rings. The zero-order chi connectivity index (χ0) is 26.3. The molecule has 1 unspecified atom stereocenters. The van der Waals surface area contributed by atoms with Crippen LogP contribution in [0.3, 0.4) is 0 Å². The molecule has 3 N–H and O–H groups in total. The highest BCUT2D eigenvalue weighted by molar-refractivity contribution is 5.92. The number of carbonyl (C=O) groups is 2. The van der Waals surface area contributed by atoms with Crippen molar-refractivity contribution in [3.05, 3.63) is 53.5 Å². The Morgan fingerprint density at radius 3 is 2.55 bits per heavy atom. The van der Waals surface area contributed by atoms with Gasteiger partial charge in [-0.05, 0) is 62.5 Å². The quantitative estimate of drug-likeness (QED) is 0.491. The third-order valence-electron chi connectivity index (χ3n) is 8.17. The first-order valence-corrected chi connectivity index (χ1v) is 14.2. The molecular weight excluding hydrogens is 480 g/mol. The number of nitrogens with one attached hydrogen (secondary N) is 2. The number of aliphatic hydroxyl groups excluding tert-OH is 1. The van der Waals surface area contributed by atoms with Crippen LogP contribution in [0.2, 0.25) is 0 Å². The summed E-state index contributed by atoms with van der Waals surface area (Å²) >= 11 is 0. The smallest absolute Gasteiger partial charge is 0.270 e. The molecule has 1 saturated heterocycles. The Balaban J connectivity index is 1.05. The van der Waals surface area contributed by atoms with Crippen molar-refractivity contribution in [2.75, 3.05) is 38.0 Å². The number of β-amino-alcohol motifs (C(OH)–C–C–N with tert-alkyl or cyclic N) is 1. The van der Waals surface area contributed by atoms with E-state index < -0.39 is 6.10 Å². The highest BCUT2D eigenvalue weighted by Gasteiger charge is 2.30. The van der Waals surface area contributed by atoms with Crippen LogP contribution in [0.15, 0.2) is 36.7 Å². The van der Waals surface area contributed by atoms with Crippen LogP contribution < -0.4 is 10.6 Å². The van der Waals surface area contributed by atoms with Crippen LogP contribution in [0.1, 0.15) is 66.6 Å². The van der Waals surface area contributed by atoms with Gasteiger partial charge in [0.15, 0.2) is 0 Å². The van der Waals surface area contributed by atoms with Crippen LogP contribution >= 0.6 is 0 Å². The van der Waals surface area contributed by atoms with E-state index in [1.807, 2.05) is 6.07 Å². The van der Waals surface area contributed by atoms with Crippen molar-refractivity contribution in [2.45, 2.75) is 70.1 Å². The Morgan fingerprint density at radius 1 is 1.00 bits per heavy atom. The number of benzene rings is 1. The molecule has 0 radical (unpaired) electrons. The first kappa shape index (κ1) is 26.6. The molecule has 1 atom stereocenters. The molecule has 2 amide bonds. The zero-order valence-corrected chi connectivity index (χ0v) is 22.1. The maximum atomic E-state index is 12.8. The highest BCUT2D eigenvalue weighted by Crippen LogP contribution is 2.28. The fourth-order valence-corrected chi connectivity index (χ4v) is 6.00. The van der Waals surface area contributed by atoms with Gasteiger partial charge in [-0.25, -0.2) is 9.97 Å². The molecule has 0 spiro atoms. The number of hydrogen-bond acceptors (Lipinski definition) is 7. The second kappa shape index (κ2) is 12.7. The average molecular weight is 521 g/mol. The number of likely N-dealkylation sites (tertiary alicyclic amines) is 1. The third-order valence-corrected chi connectivity index (χ3v) is 8.17. The molecular formula is C29H40N6O3. The van der Waals surface area contributed by atoms with Crippen molar-refractivity contribution in [3.63, 3.8) is 0 Å². The molecule has 2 fully saturated rings. The molecule has 1 aromatic heterocycles. The second-order valence-corrected chi connectivity index (χ2v) is 11.0. The van der Waals surface area contributed by atoms with Gasteiger partial charge >= 0.3 is 0 Å². The first-order valence-electron chi connectivity index (χ1n) is 14.2. The zero-order valence-electron chi connectivity index (χ0n) is 22.1. The van der Waals surface area contributed by atoms with Gasteiger partial charge in [0, 0.05) is 57.3 Å². The summed E-state index contributed by atoms with van der Waals surface area (Å²) < 4.78 is 0. The number of anilines is 1. The lowest BCUT2D eigenvalue weighted by molar-refractivity contribution is -0.137. The normalized spacial score (nSPS) is 22.8. The lowest BCUT2D eigenvalue weighted by atomic mass is 9.85. The molecule has 3 heterocycles. The van der Waals surface area contributed by atoms with E-state index in [2.05, 4.69) is 48.6 Å². The Labute approximate surface area is 225 Å². The summed E-state index contributed by atoms with van der Waals surface area (Å²) in [6.07, 6.45) is 8.76. The van der Waals surface area contributed by atoms with E-state index in [1.54, 1.807) is 6.07 Å². The summed E-state index contributed by atoms with van der Waals surface area (Å²) in [6.45, 7) is 4.21. The number of aromatic nitrogens is 2. The number of nitrogens with zero attached hydrogens (tertiary/aromatic N) is 4. The molecule has 9 heteroatoms. The minimum atomic E-state index is -0.661. The number of aliphatic hydroxyl groups is 1. The number of rotatable bonds is 8. The minimum absolute atomic E-state index is 0.129. The lowest BCUT2D eigenvalue weighted by Gasteiger charge is -2.34. The fourth-order valence-electron chi connectivity index (χ4n) is 6.00. The van der Waals surface area contributed by atoms with E-state index in [4.69, 9.17) is 0 Å². The van der Waals surface area contributed by atoms with E-state index in [1.165, 1.54) is 23.9 Å². The Kier molecular flexibility index (Phi) is 8.86. The Bertz CT molecular complexity index is 1100. The maximum absolute atomic E-state index is 12.8. The summed E-state index contributed by atoms with van der Waals surface area (Å²) in [4.78, 5) is 38.3. The van der Waals surface area contributed by atoms with Gasteiger partial charge < -0.3 is 20.6 Å². The van der Waals surface area contributed by atoms with Gasteiger partial charge in [0.25, 0.3) is 5.91 Å². The van der Waals surface area contributed by atoms with Crippen molar-refractivity contribution >= 4 is 17.6 Å². The molecule has 1 aliphatic carbocycles. The molecule has 0 bridgehead atoms. The van der Waals surface area contributed by atoms with E-state index in [9.17, 15) is 14.7 Å². The van der Waals surface area contributed by atoms with Gasteiger partial charge in [0.1, 0.15) is 17.8 Å². The van der Waals surface area contributed by atoms with E-state index >= 15 is 0 Å². The van der Waals surface area contributed by atoms with Crippen molar-refractivity contribution in [3.8, 4) is 0 Å². The van der Waals surface area contributed by atoms with Gasteiger partial charge in [-0.15, -0.1) is 0 Å². The SMILES string of the molecule is O=C(NCC(O)CN1CCc2ccccc2C1)c1cc(NC2CCC(C(=O)N3CCCCC3)CC2)ncn1. The van der Waals surface area contributed by atoms with E-state index in [0.29, 0.717) is 18.3 Å². The van der Waals surface area contributed by atoms with Crippen LogP contribution in [0.5, 0.6) is 0 Å². The highest BCUT2D eigenvalue weighted by atomic mass is 16.3. The Morgan fingerprint density at radius 2 is 1.76 bits per heavy atom. The molecule has 38 heavy (non-hydrogen) atoms. The van der Waals surface area contributed by atoms with E-state index in [-0.39, 0.29) is 30.1 Å². The number of carbonyl (C=O) groups excluding carboxylic acids is 2. The summed E-state index contributed by atoms with van der Waals surface area (Å²) in [5.41, 5.74) is 2.95. The molecule has 1 saturated carbocycles. The van der Waals surface area contributed by atoms with Crippen LogP contribution in [-0.2, 0) is 17.8 Å². The van der Waals surface area contributed by atoms with Crippen molar-refractivity contribution < 1.29 is 14.7 Å². The fraction of sp³-hybridized carbons (Fsp3) is 0.586. The molecule has 5 rings (SSSR count). The monoisotopic (exact) mass is 520 g/mol. The van der Waals surface area contributed by atoms with Crippen LogP contribution in [0.25, 0.3) is 0 Å². The topological polar surface area (TPSA) is 111 Å². The summed E-state index contributed by atoms with van der Waals surface area (Å²) in [6, 6.07) is 10.3. The molecule has 204 valence electrons. The van der Waals surface area contributed by atoms with Gasteiger partial charge in [-0.1, -0.05) is 24.3 Å². The number of fused-ring (bicyclic) bond motifs is 1. The second-order valence-electron chi connectivity index (χ2n) is 11.0. The maximum Gasteiger partial charge on any atom is 0.270 e. The molecule has 2 aromatic rings.